The van der Waals surface area contributed by atoms with E-state index in [1.807, 2.05) is 32.0 Å². The molecule has 2 heterocycles. The van der Waals surface area contributed by atoms with Gasteiger partial charge in [0, 0.05) is 0 Å². The van der Waals surface area contributed by atoms with Crippen LogP contribution in [0.2, 0.25) is 0 Å². The van der Waals surface area contributed by atoms with E-state index < -0.39 is 29.9 Å². The number of benzene rings is 2. The number of ether oxygens (including phenoxy) is 4. The summed E-state index contributed by atoms with van der Waals surface area (Å²) in [6, 6.07) is 9.52. The molecule has 2 aromatic rings. The molecule has 36 heavy (non-hydrogen) atoms. The Balaban J connectivity index is 1.50. The number of methoxy groups -OCH3 is 2. The fourth-order valence-corrected chi connectivity index (χ4v) is 4.43. The van der Waals surface area contributed by atoms with Gasteiger partial charge in [-0.05, 0) is 48.2 Å². The average molecular weight is 498 g/mol. The van der Waals surface area contributed by atoms with Crippen LogP contribution in [-0.2, 0) is 15.1 Å². The molecule has 0 aliphatic carbocycles. The van der Waals surface area contributed by atoms with Crippen molar-refractivity contribution in [1.29, 1.82) is 0 Å². The molecular weight excluding hydrogens is 466 g/mol. The lowest BCUT2D eigenvalue weighted by Crippen LogP contribution is -2.44. The normalized spacial score (nSPS) is 19.7. The SMILES string of the molecule is COc1ccc(C2(C)NC(=O)N(CC(=O)NC(c3ccc4c(c3)OCCO4)C(C)C)C2=O)cc1OC. The van der Waals surface area contributed by atoms with Gasteiger partial charge in [0.1, 0.15) is 25.3 Å². The van der Waals surface area contributed by atoms with Crippen LogP contribution < -0.4 is 29.6 Å². The Bertz CT molecular complexity index is 1180. The van der Waals surface area contributed by atoms with Gasteiger partial charge in [0.25, 0.3) is 5.91 Å². The molecule has 0 aromatic heterocycles. The summed E-state index contributed by atoms with van der Waals surface area (Å²) in [4.78, 5) is 40.0. The molecule has 2 N–H and O–H groups in total. The Morgan fingerprint density at radius 3 is 2.42 bits per heavy atom. The molecule has 10 heteroatoms. The Morgan fingerprint density at radius 2 is 1.75 bits per heavy atom. The third kappa shape index (κ3) is 4.62. The fraction of sp³-hybridized carbons (Fsp3) is 0.423. The van der Waals surface area contributed by atoms with Crippen LogP contribution >= 0.6 is 0 Å². The molecule has 10 nitrogen and oxygen atoms in total. The van der Waals surface area contributed by atoms with Gasteiger partial charge >= 0.3 is 6.03 Å². The molecule has 2 unspecified atom stereocenters. The van der Waals surface area contributed by atoms with Crippen molar-refractivity contribution in [2.45, 2.75) is 32.4 Å². The number of fused-ring (bicyclic) bond motifs is 1. The van der Waals surface area contributed by atoms with E-state index >= 15 is 0 Å². The fourth-order valence-electron chi connectivity index (χ4n) is 4.43. The third-order valence-electron chi connectivity index (χ3n) is 6.45. The summed E-state index contributed by atoms with van der Waals surface area (Å²) in [6.45, 7) is 6.08. The minimum Gasteiger partial charge on any atom is -0.493 e. The van der Waals surface area contributed by atoms with Crippen molar-refractivity contribution in [2.24, 2.45) is 5.92 Å². The summed E-state index contributed by atoms with van der Waals surface area (Å²) in [5, 5.41) is 5.68. The van der Waals surface area contributed by atoms with Crippen molar-refractivity contribution in [3.8, 4) is 23.0 Å². The van der Waals surface area contributed by atoms with Gasteiger partial charge in [-0.1, -0.05) is 26.0 Å². The summed E-state index contributed by atoms with van der Waals surface area (Å²) in [7, 11) is 3.00. The molecule has 2 atom stereocenters. The molecule has 0 bridgehead atoms. The lowest BCUT2D eigenvalue weighted by molar-refractivity contribution is -0.135. The standard InChI is InChI=1S/C26H31N3O7/c1-15(2)23(16-6-8-19-21(12-16)36-11-10-35-19)27-22(30)14-29-24(31)26(3,28-25(29)32)17-7-9-18(33-4)20(13-17)34-5/h6-9,12-13,15,23H,10-11,14H2,1-5H3,(H,27,30)(H,28,32). The number of hydrogen-bond donors (Lipinski definition) is 2. The number of nitrogens with one attached hydrogen (secondary N) is 2. The molecule has 1 fully saturated rings. The van der Waals surface area contributed by atoms with Gasteiger partial charge in [-0.2, -0.15) is 0 Å². The molecule has 4 amide bonds. The molecule has 1 saturated heterocycles. The van der Waals surface area contributed by atoms with Gasteiger partial charge in [-0.3, -0.25) is 14.5 Å². The maximum Gasteiger partial charge on any atom is 0.325 e. The van der Waals surface area contributed by atoms with E-state index in [-0.39, 0.29) is 12.0 Å². The molecule has 192 valence electrons. The van der Waals surface area contributed by atoms with E-state index in [1.54, 1.807) is 25.1 Å². The third-order valence-corrected chi connectivity index (χ3v) is 6.45. The largest absolute Gasteiger partial charge is 0.493 e. The van der Waals surface area contributed by atoms with Crippen molar-refractivity contribution in [3.05, 3.63) is 47.5 Å². The van der Waals surface area contributed by atoms with Crippen LogP contribution in [0.3, 0.4) is 0 Å². The van der Waals surface area contributed by atoms with Crippen LogP contribution in [0.25, 0.3) is 0 Å². The number of rotatable bonds is 8. The zero-order chi connectivity index (χ0) is 26.0. The molecule has 4 rings (SSSR count). The number of nitrogens with zero attached hydrogens (tertiary/aromatic N) is 1. The number of carbonyl (C=O) groups excluding carboxylic acids is 3. The maximum absolute atomic E-state index is 13.3. The number of carbonyl (C=O) groups is 3. The van der Waals surface area contributed by atoms with Crippen LogP contribution in [0.5, 0.6) is 23.0 Å². The molecule has 2 aliphatic rings. The van der Waals surface area contributed by atoms with E-state index in [9.17, 15) is 14.4 Å². The second-order valence-corrected chi connectivity index (χ2v) is 9.21. The molecule has 2 aromatic carbocycles. The molecular formula is C26H31N3O7. The highest BCUT2D eigenvalue weighted by molar-refractivity contribution is 6.09. The lowest BCUT2D eigenvalue weighted by Gasteiger charge is -2.26. The number of imide groups is 1. The molecule has 2 aliphatic heterocycles. The smallest absolute Gasteiger partial charge is 0.325 e. The van der Waals surface area contributed by atoms with Crippen LogP contribution in [0.1, 0.15) is 37.9 Å². The Labute approximate surface area is 209 Å². The highest BCUT2D eigenvalue weighted by Gasteiger charge is 2.49. The quantitative estimate of drug-likeness (QED) is 0.539. The van der Waals surface area contributed by atoms with Gasteiger partial charge in [0.05, 0.1) is 20.3 Å². The highest BCUT2D eigenvalue weighted by atomic mass is 16.6. The summed E-state index contributed by atoms with van der Waals surface area (Å²) >= 11 is 0. The van der Waals surface area contributed by atoms with Crippen molar-refractivity contribution >= 4 is 17.8 Å². The topological polar surface area (TPSA) is 115 Å². The van der Waals surface area contributed by atoms with Crippen molar-refractivity contribution in [2.75, 3.05) is 34.0 Å². The molecule has 0 radical (unpaired) electrons. The van der Waals surface area contributed by atoms with E-state index in [0.717, 1.165) is 10.5 Å². The lowest BCUT2D eigenvalue weighted by atomic mass is 9.91. The summed E-state index contributed by atoms with van der Waals surface area (Å²) < 4.78 is 21.8. The Morgan fingerprint density at radius 1 is 1.06 bits per heavy atom. The summed E-state index contributed by atoms with van der Waals surface area (Å²) in [5.74, 6) is 1.26. The highest BCUT2D eigenvalue weighted by Crippen LogP contribution is 2.36. The monoisotopic (exact) mass is 497 g/mol. The minimum atomic E-state index is -1.36. The second-order valence-electron chi connectivity index (χ2n) is 9.21. The van der Waals surface area contributed by atoms with E-state index in [0.29, 0.717) is 41.8 Å². The van der Waals surface area contributed by atoms with Crippen LogP contribution in [0.15, 0.2) is 36.4 Å². The average Bonchev–Trinajstić information content (AvgIpc) is 3.10. The molecule has 0 spiro atoms. The van der Waals surface area contributed by atoms with Gasteiger partial charge in [-0.25, -0.2) is 4.79 Å². The van der Waals surface area contributed by atoms with Crippen LogP contribution in [-0.4, -0.2) is 56.7 Å². The summed E-state index contributed by atoms with van der Waals surface area (Å²) in [6.07, 6.45) is 0. The predicted molar refractivity (Wildman–Crippen MR) is 130 cm³/mol. The maximum atomic E-state index is 13.3. The minimum absolute atomic E-state index is 0.0386. The first kappa shape index (κ1) is 25.2. The van der Waals surface area contributed by atoms with Crippen LogP contribution in [0, 0.1) is 5.92 Å². The van der Waals surface area contributed by atoms with Gasteiger partial charge in [0.2, 0.25) is 5.91 Å². The first-order valence-electron chi connectivity index (χ1n) is 11.7. The van der Waals surface area contributed by atoms with E-state index in [1.165, 1.54) is 14.2 Å². The van der Waals surface area contributed by atoms with Gasteiger partial charge in [0.15, 0.2) is 23.0 Å². The zero-order valence-electron chi connectivity index (χ0n) is 21.0. The Kier molecular flexibility index (Phi) is 6.96. The van der Waals surface area contributed by atoms with Gasteiger partial charge in [-0.15, -0.1) is 0 Å². The predicted octanol–water partition coefficient (Wildman–Crippen LogP) is 2.76. The summed E-state index contributed by atoms with van der Waals surface area (Å²) in [5.41, 5.74) is -0.00259. The van der Waals surface area contributed by atoms with Crippen molar-refractivity contribution < 1.29 is 33.3 Å². The van der Waals surface area contributed by atoms with Crippen molar-refractivity contribution in [3.63, 3.8) is 0 Å². The zero-order valence-corrected chi connectivity index (χ0v) is 21.0. The van der Waals surface area contributed by atoms with E-state index in [4.69, 9.17) is 18.9 Å². The second kappa shape index (κ2) is 9.96. The van der Waals surface area contributed by atoms with Crippen LogP contribution in [0.4, 0.5) is 4.79 Å². The Hall–Kier alpha value is -3.95. The molecule has 0 saturated carbocycles. The van der Waals surface area contributed by atoms with Crippen molar-refractivity contribution in [1.82, 2.24) is 15.5 Å². The number of hydrogen-bond acceptors (Lipinski definition) is 7. The van der Waals surface area contributed by atoms with Gasteiger partial charge < -0.3 is 29.6 Å². The number of urea groups is 1. The first-order valence-corrected chi connectivity index (χ1v) is 11.7. The van der Waals surface area contributed by atoms with E-state index in [2.05, 4.69) is 10.6 Å². The first-order chi connectivity index (χ1) is 17.2. The number of amides is 4.